The number of benzene rings is 1. The van der Waals surface area contributed by atoms with Gasteiger partial charge in [0.25, 0.3) is 0 Å². The highest BCUT2D eigenvalue weighted by Gasteiger charge is 2.26. The number of anilines is 1. The third-order valence-corrected chi connectivity index (χ3v) is 4.14. The van der Waals surface area contributed by atoms with Crippen molar-refractivity contribution in [3.63, 3.8) is 0 Å². The molecule has 0 saturated heterocycles. The first kappa shape index (κ1) is 14.2. The van der Waals surface area contributed by atoms with Gasteiger partial charge < -0.3 is 5.32 Å². The Hall–Kier alpha value is -1.17. The van der Waals surface area contributed by atoms with Crippen molar-refractivity contribution in [2.24, 2.45) is 4.99 Å². The molecule has 1 aromatic rings. The van der Waals surface area contributed by atoms with E-state index in [0.717, 1.165) is 24.7 Å². The van der Waals surface area contributed by atoms with Crippen LogP contribution < -0.4 is 5.32 Å². The summed E-state index contributed by atoms with van der Waals surface area (Å²) in [5, 5.41) is 3.28. The van der Waals surface area contributed by atoms with E-state index in [1.54, 1.807) is 0 Å². The Morgan fingerprint density at radius 3 is 2.63 bits per heavy atom. The molecular formula is C13H15F3N2S. The minimum Gasteiger partial charge on any atom is -0.332 e. The molecule has 0 bridgehead atoms. The summed E-state index contributed by atoms with van der Waals surface area (Å²) in [7, 11) is 0. The maximum absolute atomic E-state index is 13.5. The molecule has 1 heterocycles. The second-order valence-electron chi connectivity index (χ2n) is 4.74. The molecule has 1 aliphatic rings. The molecular weight excluding hydrogens is 273 g/mol. The van der Waals surface area contributed by atoms with Gasteiger partial charge in [-0.1, -0.05) is 18.7 Å². The zero-order chi connectivity index (χ0) is 14.0. The van der Waals surface area contributed by atoms with E-state index in [9.17, 15) is 13.2 Å². The zero-order valence-electron chi connectivity index (χ0n) is 10.8. The van der Waals surface area contributed by atoms with Crippen molar-refractivity contribution in [2.75, 3.05) is 11.1 Å². The van der Waals surface area contributed by atoms with Crippen LogP contribution in [0.5, 0.6) is 0 Å². The van der Waals surface area contributed by atoms with E-state index < -0.39 is 17.5 Å². The smallest absolute Gasteiger partial charge is 0.161 e. The monoisotopic (exact) mass is 288 g/mol. The lowest BCUT2D eigenvalue weighted by Gasteiger charge is -2.29. The first-order valence-corrected chi connectivity index (χ1v) is 7.06. The summed E-state index contributed by atoms with van der Waals surface area (Å²) in [5.74, 6) is -2.24. The minimum absolute atomic E-state index is 0.0921. The van der Waals surface area contributed by atoms with Crippen LogP contribution in [0.15, 0.2) is 17.1 Å². The molecule has 0 fully saturated rings. The van der Waals surface area contributed by atoms with Crippen molar-refractivity contribution in [3.05, 3.63) is 29.6 Å². The lowest BCUT2D eigenvalue weighted by Crippen LogP contribution is -2.29. The first-order valence-electron chi connectivity index (χ1n) is 6.08. The van der Waals surface area contributed by atoms with E-state index in [4.69, 9.17) is 0 Å². The summed E-state index contributed by atoms with van der Waals surface area (Å²) >= 11 is 1.45. The topological polar surface area (TPSA) is 24.4 Å². The van der Waals surface area contributed by atoms with Crippen LogP contribution in [0.3, 0.4) is 0 Å². The molecule has 0 aliphatic carbocycles. The lowest BCUT2D eigenvalue weighted by atomic mass is 9.97. The molecule has 0 amide bonds. The summed E-state index contributed by atoms with van der Waals surface area (Å²) in [6.45, 7) is 4.06. The number of aliphatic imine (C=N–C) groups is 1. The van der Waals surface area contributed by atoms with Crippen molar-refractivity contribution >= 4 is 22.6 Å². The van der Waals surface area contributed by atoms with Gasteiger partial charge in [0.05, 0.1) is 11.2 Å². The van der Waals surface area contributed by atoms with Crippen LogP contribution in [0.2, 0.25) is 0 Å². The Morgan fingerprint density at radius 2 is 1.95 bits per heavy atom. The number of rotatable bonds is 2. The Morgan fingerprint density at radius 1 is 1.26 bits per heavy atom. The summed E-state index contributed by atoms with van der Waals surface area (Å²) in [4.78, 5) is 4.51. The Balaban J connectivity index is 2.24. The van der Waals surface area contributed by atoms with Crippen molar-refractivity contribution in [1.29, 1.82) is 0 Å². The zero-order valence-corrected chi connectivity index (χ0v) is 11.6. The van der Waals surface area contributed by atoms with Crippen molar-refractivity contribution < 1.29 is 13.2 Å². The van der Waals surface area contributed by atoms with Crippen molar-refractivity contribution in [3.8, 4) is 0 Å². The number of hydrogen-bond acceptors (Lipinski definition) is 3. The fraction of sp³-hybridized carbons (Fsp3) is 0.462. The number of hydrogen-bond donors (Lipinski definition) is 1. The van der Waals surface area contributed by atoms with E-state index in [1.165, 1.54) is 11.8 Å². The number of amidine groups is 1. The Labute approximate surface area is 114 Å². The molecule has 19 heavy (non-hydrogen) atoms. The molecule has 0 spiro atoms. The van der Waals surface area contributed by atoms with Gasteiger partial charge in [-0.15, -0.1) is 0 Å². The molecule has 2 rings (SSSR count). The predicted molar refractivity (Wildman–Crippen MR) is 73.1 cm³/mol. The van der Waals surface area contributed by atoms with Crippen LogP contribution >= 0.6 is 11.8 Å². The van der Waals surface area contributed by atoms with Gasteiger partial charge in [-0.25, -0.2) is 13.2 Å². The molecule has 1 aliphatic heterocycles. The van der Waals surface area contributed by atoms with Gasteiger partial charge >= 0.3 is 0 Å². The average Bonchev–Trinajstić information content (AvgIpc) is 2.36. The van der Waals surface area contributed by atoms with E-state index in [2.05, 4.69) is 10.3 Å². The van der Waals surface area contributed by atoms with Crippen LogP contribution in [0.25, 0.3) is 0 Å². The summed E-state index contributed by atoms with van der Waals surface area (Å²) < 4.78 is 39.5. The van der Waals surface area contributed by atoms with Gasteiger partial charge in [0, 0.05) is 17.9 Å². The molecule has 0 aromatic heterocycles. The summed E-state index contributed by atoms with van der Waals surface area (Å²) in [6, 6.07) is 1.34. The Bertz CT molecular complexity index is 519. The highest BCUT2D eigenvalue weighted by Crippen LogP contribution is 2.30. The molecule has 2 nitrogen and oxygen atoms in total. The van der Waals surface area contributed by atoms with E-state index in [-0.39, 0.29) is 11.2 Å². The Kier molecular flexibility index (Phi) is 4.08. The number of nitrogens with one attached hydrogen (secondary N) is 1. The maximum Gasteiger partial charge on any atom is 0.161 e. The van der Waals surface area contributed by atoms with E-state index in [1.807, 2.05) is 13.8 Å². The molecule has 1 N–H and O–H groups in total. The highest BCUT2D eigenvalue weighted by molar-refractivity contribution is 8.14. The molecule has 6 heteroatoms. The SMILES string of the molecule is CCC1(C)CCSC(Nc2cc(F)c(F)cc2F)=N1. The standard InChI is InChI=1S/C13H15F3N2S/c1-3-13(2)4-5-19-12(18-13)17-11-7-9(15)8(14)6-10(11)16/h6-7H,3-5H2,1-2H3,(H,17,18). The van der Waals surface area contributed by atoms with Gasteiger partial charge in [-0.3, -0.25) is 4.99 Å². The van der Waals surface area contributed by atoms with Crippen LogP contribution in [0.1, 0.15) is 26.7 Å². The normalized spacial score (nSPS) is 23.1. The lowest BCUT2D eigenvalue weighted by molar-refractivity contribution is 0.443. The fourth-order valence-electron chi connectivity index (χ4n) is 1.75. The fourth-order valence-corrected chi connectivity index (χ4v) is 2.96. The van der Waals surface area contributed by atoms with E-state index >= 15 is 0 Å². The number of thioether (sulfide) groups is 1. The largest absolute Gasteiger partial charge is 0.332 e. The summed E-state index contributed by atoms with van der Waals surface area (Å²) in [5.41, 5.74) is -0.270. The second kappa shape index (κ2) is 5.45. The van der Waals surface area contributed by atoms with Crippen LogP contribution in [-0.4, -0.2) is 16.5 Å². The third-order valence-electron chi connectivity index (χ3n) is 3.26. The molecule has 1 unspecified atom stereocenters. The maximum atomic E-state index is 13.5. The molecule has 1 atom stereocenters. The molecule has 1 aromatic carbocycles. The number of nitrogens with zero attached hydrogens (tertiary/aromatic N) is 1. The third kappa shape index (κ3) is 3.23. The van der Waals surface area contributed by atoms with Gasteiger partial charge in [0.15, 0.2) is 16.8 Å². The van der Waals surface area contributed by atoms with E-state index in [0.29, 0.717) is 11.2 Å². The minimum atomic E-state index is -1.19. The molecule has 0 radical (unpaired) electrons. The molecule has 104 valence electrons. The van der Waals surface area contributed by atoms with Gasteiger partial charge in [0.2, 0.25) is 0 Å². The summed E-state index contributed by atoms with van der Waals surface area (Å²) in [6.07, 6.45) is 1.82. The van der Waals surface area contributed by atoms with Crippen molar-refractivity contribution in [1.82, 2.24) is 0 Å². The molecule has 0 saturated carbocycles. The van der Waals surface area contributed by atoms with Crippen molar-refractivity contribution in [2.45, 2.75) is 32.2 Å². The second-order valence-corrected chi connectivity index (χ2v) is 5.82. The highest BCUT2D eigenvalue weighted by atomic mass is 32.2. The van der Waals surface area contributed by atoms with Crippen LogP contribution in [-0.2, 0) is 0 Å². The van der Waals surface area contributed by atoms with Gasteiger partial charge in [-0.2, -0.15) is 0 Å². The quantitative estimate of drug-likeness (QED) is 0.826. The van der Waals surface area contributed by atoms with Gasteiger partial charge in [-0.05, 0) is 19.8 Å². The van der Waals surface area contributed by atoms with Crippen LogP contribution in [0.4, 0.5) is 18.9 Å². The average molecular weight is 288 g/mol. The van der Waals surface area contributed by atoms with Crippen LogP contribution in [0, 0.1) is 17.5 Å². The first-order chi connectivity index (χ1) is 8.93. The number of halogens is 3. The predicted octanol–water partition coefficient (Wildman–Crippen LogP) is 4.18. The van der Waals surface area contributed by atoms with Gasteiger partial charge in [0.1, 0.15) is 5.82 Å².